The number of amides is 1. The number of carbonyl (C=O) groups excluding carboxylic acids is 1. The van der Waals surface area contributed by atoms with Crippen LogP contribution in [0.25, 0.3) is 0 Å². The summed E-state index contributed by atoms with van der Waals surface area (Å²) in [4.78, 5) is 11.9. The van der Waals surface area contributed by atoms with E-state index in [0.29, 0.717) is 11.3 Å². The van der Waals surface area contributed by atoms with E-state index in [1.165, 1.54) is 18.2 Å². The molecule has 3 N–H and O–H groups in total. The van der Waals surface area contributed by atoms with Gasteiger partial charge in [-0.15, -0.1) is 0 Å². The molecule has 0 bridgehead atoms. The van der Waals surface area contributed by atoms with Crippen LogP contribution < -0.4 is 10.5 Å². The zero-order valence-corrected chi connectivity index (χ0v) is 14.2. The third kappa shape index (κ3) is 4.16. The van der Waals surface area contributed by atoms with Gasteiger partial charge in [-0.25, -0.2) is 13.6 Å². The third-order valence-corrected chi connectivity index (χ3v) is 4.57. The SMILES string of the molecule is NS(=O)(=O)c1ccc(NC(=O)c2ccc(I)cc2)c(Cl)c1. The molecular formula is C13H10ClIN2O3S. The van der Waals surface area contributed by atoms with E-state index < -0.39 is 10.0 Å². The molecule has 0 atom stereocenters. The summed E-state index contributed by atoms with van der Waals surface area (Å²) < 4.78 is 23.4. The second kappa shape index (κ2) is 6.30. The van der Waals surface area contributed by atoms with E-state index in [1.54, 1.807) is 24.3 Å². The number of anilines is 1. The van der Waals surface area contributed by atoms with Crippen LogP contribution >= 0.6 is 34.2 Å². The maximum absolute atomic E-state index is 12.0. The summed E-state index contributed by atoms with van der Waals surface area (Å²) in [6, 6.07) is 10.9. The standard InChI is InChI=1S/C13H10ClIN2O3S/c14-11-7-10(21(16,19)20)5-6-12(11)17-13(18)8-1-3-9(15)4-2-8/h1-7H,(H,17,18)(H2,16,19,20). The zero-order valence-electron chi connectivity index (χ0n) is 10.5. The van der Waals surface area contributed by atoms with E-state index in [4.69, 9.17) is 16.7 Å². The molecular weight excluding hydrogens is 427 g/mol. The van der Waals surface area contributed by atoms with Crippen molar-refractivity contribution in [2.24, 2.45) is 5.14 Å². The Morgan fingerprint density at radius 1 is 1.14 bits per heavy atom. The molecule has 21 heavy (non-hydrogen) atoms. The molecule has 0 aliphatic carbocycles. The van der Waals surface area contributed by atoms with Crippen molar-refractivity contribution in [3.8, 4) is 0 Å². The maximum atomic E-state index is 12.0. The number of hydrogen-bond donors (Lipinski definition) is 2. The van der Waals surface area contributed by atoms with Crippen molar-refractivity contribution in [2.45, 2.75) is 4.90 Å². The highest BCUT2D eigenvalue weighted by Gasteiger charge is 2.13. The molecule has 2 rings (SSSR count). The molecule has 0 saturated carbocycles. The molecule has 0 fully saturated rings. The van der Waals surface area contributed by atoms with Crippen LogP contribution in [-0.2, 0) is 10.0 Å². The van der Waals surface area contributed by atoms with Gasteiger partial charge in [0.15, 0.2) is 0 Å². The largest absolute Gasteiger partial charge is 0.321 e. The lowest BCUT2D eigenvalue weighted by Gasteiger charge is -2.08. The van der Waals surface area contributed by atoms with E-state index in [0.717, 1.165) is 3.57 Å². The van der Waals surface area contributed by atoms with Gasteiger partial charge < -0.3 is 5.32 Å². The molecule has 0 aliphatic heterocycles. The lowest BCUT2D eigenvalue weighted by Crippen LogP contribution is -2.14. The van der Waals surface area contributed by atoms with E-state index in [1.807, 2.05) is 0 Å². The fraction of sp³-hybridized carbons (Fsp3) is 0. The normalized spacial score (nSPS) is 11.2. The predicted molar refractivity (Wildman–Crippen MR) is 89.9 cm³/mol. The third-order valence-electron chi connectivity index (χ3n) is 2.62. The predicted octanol–water partition coefficient (Wildman–Crippen LogP) is 2.84. The van der Waals surface area contributed by atoms with Gasteiger partial charge in [-0.1, -0.05) is 11.6 Å². The summed E-state index contributed by atoms with van der Waals surface area (Å²) in [6.07, 6.45) is 0. The monoisotopic (exact) mass is 436 g/mol. The summed E-state index contributed by atoms with van der Waals surface area (Å²) in [5.74, 6) is -0.336. The summed E-state index contributed by atoms with van der Waals surface area (Å²) in [7, 11) is -3.83. The lowest BCUT2D eigenvalue weighted by atomic mass is 10.2. The maximum Gasteiger partial charge on any atom is 0.255 e. The Labute approximate surface area is 140 Å². The highest BCUT2D eigenvalue weighted by molar-refractivity contribution is 14.1. The van der Waals surface area contributed by atoms with Crippen molar-refractivity contribution in [1.29, 1.82) is 0 Å². The van der Waals surface area contributed by atoms with E-state index in [-0.39, 0.29) is 15.8 Å². The van der Waals surface area contributed by atoms with Gasteiger partial charge in [-0.05, 0) is 65.1 Å². The molecule has 0 saturated heterocycles. The summed E-state index contributed by atoms with van der Waals surface area (Å²) in [5.41, 5.74) is 0.787. The van der Waals surface area contributed by atoms with Crippen molar-refractivity contribution in [3.05, 3.63) is 56.6 Å². The van der Waals surface area contributed by atoms with Gasteiger partial charge in [-0.2, -0.15) is 0 Å². The van der Waals surface area contributed by atoms with Crippen molar-refractivity contribution in [2.75, 3.05) is 5.32 Å². The van der Waals surface area contributed by atoms with Crippen LogP contribution in [0, 0.1) is 3.57 Å². The number of carbonyl (C=O) groups is 1. The van der Waals surface area contributed by atoms with Crippen LogP contribution in [0.2, 0.25) is 5.02 Å². The number of rotatable bonds is 3. The topological polar surface area (TPSA) is 89.3 Å². The quantitative estimate of drug-likeness (QED) is 0.725. The van der Waals surface area contributed by atoms with Gasteiger partial charge >= 0.3 is 0 Å². The zero-order chi connectivity index (χ0) is 15.6. The molecule has 0 unspecified atom stereocenters. The van der Waals surface area contributed by atoms with Gasteiger partial charge in [0.25, 0.3) is 5.91 Å². The smallest absolute Gasteiger partial charge is 0.255 e. The fourth-order valence-electron chi connectivity index (χ4n) is 1.57. The van der Waals surface area contributed by atoms with Gasteiger partial charge in [0, 0.05) is 9.13 Å². The number of nitrogens with one attached hydrogen (secondary N) is 1. The number of nitrogens with two attached hydrogens (primary N) is 1. The van der Waals surface area contributed by atoms with Crippen LogP contribution in [0.5, 0.6) is 0 Å². The molecule has 0 heterocycles. The summed E-state index contributed by atoms with van der Waals surface area (Å²) in [5, 5.41) is 7.72. The first-order valence-electron chi connectivity index (χ1n) is 5.66. The Morgan fingerprint density at radius 3 is 2.29 bits per heavy atom. The number of primary sulfonamides is 1. The van der Waals surface area contributed by atoms with Crippen molar-refractivity contribution in [1.82, 2.24) is 0 Å². The molecule has 1 amide bonds. The number of hydrogen-bond acceptors (Lipinski definition) is 3. The Balaban J connectivity index is 2.24. The minimum atomic E-state index is -3.83. The molecule has 0 aromatic heterocycles. The van der Waals surface area contributed by atoms with E-state index >= 15 is 0 Å². The second-order valence-electron chi connectivity index (χ2n) is 4.15. The summed E-state index contributed by atoms with van der Waals surface area (Å²) >= 11 is 8.09. The number of sulfonamides is 1. The number of benzene rings is 2. The van der Waals surface area contributed by atoms with Gasteiger partial charge in [-0.3, -0.25) is 4.79 Å². The Kier molecular flexibility index (Phi) is 4.87. The fourth-order valence-corrected chi connectivity index (χ4v) is 2.76. The highest BCUT2D eigenvalue weighted by atomic mass is 127. The van der Waals surface area contributed by atoms with Gasteiger partial charge in [0.1, 0.15) is 0 Å². The molecule has 5 nitrogen and oxygen atoms in total. The Hall–Kier alpha value is -1.16. The Bertz CT molecular complexity index is 792. The molecule has 8 heteroatoms. The van der Waals surface area contributed by atoms with Crippen LogP contribution in [-0.4, -0.2) is 14.3 Å². The van der Waals surface area contributed by atoms with Crippen molar-refractivity contribution < 1.29 is 13.2 Å². The molecule has 110 valence electrons. The minimum absolute atomic E-state index is 0.0976. The first-order valence-corrected chi connectivity index (χ1v) is 8.67. The van der Waals surface area contributed by atoms with E-state index in [9.17, 15) is 13.2 Å². The van der Waals surface area contributed by atoms with E-state index in [2.05, 4.69) is 27.9 Å². The second-order valence-corrected chi connectivity index (χ2v) is 7.36. The Morgan fingerprint density at radius 2 is 1.76 bits per heavy atom. The average Bonchev–Trinajstić information content (AvgIpc) is 2.40. The molecule has 0 aliphatic rings. The van der Waals surface area contributed by atoms with Crippen LogP contribution in [0.3, 0.4) is 0 Å². The number of halogens is 2. The molecule has 2 aromatic rings. The van der Waals surface area contributed by atoms with Crippen molar-refractivity contribution in [3.63, 3.8) is 0 Å². The van der Waals surface area contributed by atoms with Crippen molar-refractivity contribution >= 4 is 55.8 Å². The van der Waals surface area contributed by atoms with Crippen LogP contribution in [0.1, 0.15) is 10.4 Å². The van der Waals surface area contributed by atoms with Crippen LogP contribution in [0.4, 0.5) is 5.69 Å². The van der Waals surface area contributed by atoms with Crippen LogP contribution in [0.15, 0.2) is 47.4 Å². The first kappa shape index (κ1) is 16.2. The first-order chi connectivity index (χ1) is 9.77. The molecule has 0 radical (unpaired) electrons. The lowest BCUT2D eigenvalue weighted by molar-refractivity contribution is 0.102. The van der Waals surface area contributed by atoms with Gasteiger partial charge in [0.2, 0.25) is 10.0 Å². The highest BCUT2D eigenvalue weighted by Crippen LogP contribution is 2.25. The average molecular weight is 437 g/mol. The minimum Gasteiger partial charge on any atom is -0.321 e. The van der Waals surface area contributed by atoms with Gasteiger partial charge in [0.05, 0.1) is 15.6 Å². The summed E-state index contributed by atoms with van der Waals surface area (Å²) in [6.45, 7) is 0. The molecule has 0 spiro atoms. The molecule has 2 aromatic carbocycles.